The van der Waals surface area contributed by atoms with E-state index in [4.69, 9.17) is 0 Å². The van der Waals surface area contributed by atoms with Gasteiger partial charge in [-0.3, -0.25) is 9.59 Å². The number of nitrogens with one attached hydrogen (secondary N) is 2. The van der Waals surface area contributed by atoms with Crippen LogP contribution in [0, 0.1) is 5.92 Å². The molecule has 0 saturated heterocycles. The molecule has 0 spiro atoms. The summed E-state index contributed by atoms with van der Waals surface area (Å²) in [6, 6.07) is 14.7. The first-order valence-electron chi connectivity index (χ1n) is 8.71. The van der Waals surface area contributed by atoms with Crippen molar-refractivity contribution in [3.8, 4) is 0 Å². The van der Waals surface area contributed by atoms with E-state index in [0.29, 0.717) is 17.2 Å². The minimum absolute atomic E-state index is 0.0599. The third-order valence-corrected chi connectivity index (χ3v) is 3.92. The first-order chi connectivity index (χ1) is 12.4. The number of benzene rings is 2. The smallest absolute Gasteiger partial charge is 0.271 e. The lowest BCUT2D eigenvalue weighted by Gasteiger charge is -2.08. The number of hydrazone groups is 1. The van der Waals surface area contributed by atoms with E-state index in [9.17, 15) is 9.59 Å². The monoisotopic (exact) mass is 351 g/mol. The van der Waals surface area contributed by atoms with Crippen molar-refractivity contribution in [2.45, 2.75) is 33.6 Å². The minimum atomic E-state index is -0.304. The van der Waals surface area contributed by atoms with Crippen molar-refractivity contribution in [1.82, 2.24) is 5.43 Å². The molecule has 2 N–H and O–H groups in total. The fourth-order valence-electron chi connectivity index (χ4n) is 2.19. The number of anilines is 1. The second-order valence-corrected chi connectivity index (χ2v) is 6.74. The minimum Gasteiger partial charge on any atom is -0.326 e. The van der Waals surface area contributed by atoms with Gasteiger partial charge in [-0.2, -0.15) is 5.10 Å². The van der Waals surface area contributed by atoms with Gasteiger partial charge in [-0.05, 0) is 41.3 Å². The van der Waals surface area contributed by atoms with E-state index in [1.807, 2.05) is 26.0 Å². The number of carbonyl (C=O) groups excluding carboxylic acids is 2. The Hall–Kier alpha value is -2.95. The molecular formula is C21H25N3O2. The van der Waals surface area contributed by atoms with Gasteiger partial charge in [-0.15, -0.1) is 0 Å². The normalized spacial score (nSPS) is 11.2. The number of nitrogens with zero attached hydrogens (tertiary/aromatic N) is 1. The topological polar surface area (TPSA) is 70.6 Å². The van der Waals surface area contributed by atoms with Crippen LogP contribution in [0.1, 0.15) is 55.1 Å². The molecule has 0 saturated carbocycles. The van der Waals surface area contributed by atoms with Gasteiger partial charge in [0, 0.05) is 17.2 Å². The zero-order valence-electron chi connectivity index (χ0n) is 15.6. The largest absolute Gasteiger partial charge is 0.326 e. The second-order valence-electron chi connectivity index (χ2n) is 6.74. The fourth-order valence-corrected chi connectivity index (χ4v) is 2.19. The molecule has 2 amide bonds. The first-order valence-corrected chi connectivity index (χ1v) is 8.71. The van der Waals surface area contributed by atoms with Crippen LogP contribution in [-0.4, -0.2) is 18.0 Å². The maximum Gasteiger partial charge on any atom is 0.271 e. The van der Waals surface area contributed by atoms with Crippen LogP contribution in [0.3, 0.4) is 0 Å². The highest BCUT2D eigenvalue weighted by Crippen LogP contribution is 2.14. The SMILES string of the molecule is CC(C)C(=O)Nc1ccc(C(=O)N/N=C\c2ccc(C(C)C)cc2)cc1. The van der Waals surface area contributed by atoms with Crippen LogP contribution >= 0.6 is 0 Å². The Morgan fingerprint density at radius 1 is 0.923 bits per heavy atom. The van der Waals surface area contributed by atoms with Gasteiger partial charge in [0.1, 0.15) is 0 Å². The van der Waals surface area contributed by atoms with Gasteiger partial charge in [0.15, 0.2) is 0 Å². The summed E-state index contributed by atoms with van der Waals surface area (Å²) in [5.41, 5.74) is 5.82. The van der Waals surface area contributed by atoms with Crippen molar-refractivity contribution >= 4 is 23.7 Å². The zero-order chi connectivity index (χ0) is 19.1. The fraction of sp³-hybridized carbons (Fsp3) is 0.286. The number of rotatable bonds is 6. The number of hydrogen-bond acceptors (Lipinski definition) is 3. The van der Waals surface area contributed by atoms with Crippen molar-refractivity contribution in [2.75, 3.05) is 5.32 Å². The molecule has 0 radical (unpaired) electrons. The molecule has 0 bridgehead atoms. The van der Waals surface area contributed by atoms with E-state index >= 15 is 0 Å². The Kier molecular flexibility index (Phi) is 6.67. The molecular weight excluding hydrogens is 326 g/mol. The number of carbonyl (C=O) groups is 2. The first kappa shape index (κ1) is 19.4. The average molecular weight is 351 g/mol. The van der Waals surface area contributed by atoms with E-state index in [1.54, 1.807) is 30.5 Å². The van der Waals surface area contributed by atoms with Gasteiger partial charge in [0.05, 0.1) is 6.21 Å². The summed E-state index contributed by atoms with van der Waals surface area (Å²) >= 11 is 0. The third kappa shape index (κ3) is 5.55. The summed E-state index contributed by atoms with van der Waals surface area (Å²) in [5.74, 6) is 0.0213. The predicted octanol–water partition coefficient (Wildman–Crippen LogP) is 4.17. The van der Waals surface area contributed by atoms with Gasteiger partial charge in [-0.25, -0.2) is 5.43 Å². The Morgan fingerprint density at radius 2 is 1.54 bits per heavy atom. The van der Waals surface area contributed by atoms with Gasteiger partial charge in [-0.1, -0.05) is 52.0 Å². The maximum atomic E-state index is 12.1. The Morgan fingerprint density at radius 3 is 2.08 bits per heavy atom. The molecule has 0 aliphatic carbocycles. The zero-order valence-corrected chi connectivity index (χ0v) is 15.6. The molecule has 0 unspecified atom stereocenters. The summed E-state index contributed by atoms with van der Waals surface area (Å²) in [7, 11) is 0. The molecule has 0 aromatic heterocycles. The van der Waals surface area contributed by atoms with Crippen molar-refractivity contribution in [3.05, 3.63) is 65.2 Å². The lowest BCUT2D eigenvalue weighted by atomic mass is 10.0. The molecule has 136 valence electrons. The predicted molar refractivity (Wildman–Crippen MR) is 106 cm³/mol. The van der Waals surface area contributed by atoms with Gasteiger partial charge in [0.25, 0.3) is 5.91 Å². The molecule has 5 nitrogen and oxygen atoms in total. The van der Waals surface area contributed by atoms with Crippen LogP contribution in [0.4, 0.5) is 5.69 Å². The number of amides is 2. The summed E-state index contributed by atoms with van der Waals surface area (Å²) in [5, 5.41) is 6.78. The molecule has 2 aromatic rings. The molecule has 26 heavy (non-hydrogen) atoms. The maximum absolute atomic E-state index is 12.1. The van der Waals surface area contributed by atoms with Gasteiger partial charge < -0.3 is 5.32 Å². The van der Waals surface area contributed by atoms with E-state index in [2.05, 4.69) is 41.8 Å². The molecule has 2 rings (SSSR count). The summed E-state index contributed by atoms with van der Waals surface area (Å²) in [6.07, 6.45) is 1.61. The molecule has 0 aliphatic rings. The summed E-state index contributed by atoms with van der Waals surface area (Å²) in [6.45, 7) is 7.93. The van der Waals surface area contributed by atoms with Gasteiger partial charge in [0.2, 0.25) is 5.91 Å². The summed E-state index contributed by atoms with van der Waals surface area (Å²) in [4.78, 5) is 23.8. The van der Waals surface area contributed by atoms with Crippen LogP contribution < -0.4 is 10.7 Å². The van der Waals surface area contributed by atoms with E-state index < -0.39 is 0 Å². The van der Waals surface area contributed by atoms with E-state index in [0.717, 1.165) is 5.56 Å². The van der Waals surface area contributed by atoms with E-state index in [1.165, 1.54) is 5.56 Å². The molecule has 0 heterocycles. The van der Waals surface area contributed by atoms with Gasteiger partial charge >= 0.3 is 0 Å². The Bertz CT molecular complexity index is 776. The lowest BCUT2D eigenvalue weighted by molar-refractivity contribution is -0.118. The highest BCUT2D eigenvalue weighted by molar-refractivity contribution is 5.96. The van der Waals surface area contributed by atoms with Crippen molar-refractivity contribution in [1.29, 1.82) is 0 Å². The average Bonchev–Trinajstić information content (AvgIpc) is 2.62. The van der Waals surface area contributed by atoms with Crippen molar-refractivity contribution in [2.24, 2.45) is 11.0 Å². The van der Waals surface area contributed by atoms with Crippen LogP contribution in [0.2, 0.25) is 0 Å². The van der Waals surface area contributed by atoms with Crippen LogP contribution in [0.15, 0.2) is 53.6 Å². The molecule has 2 aromatic carbocycles. The molecule has 0 atom stereocenters. The van der Waals surface area contributed by atoms with Crippen molar-refractivity contribution in [3.63, 3.8) is 0 Å². The highest BCUT2D eigenvalue weighted by atomic mass is 16.2. The summed E-state index contributed by atoms with van der Waals surface area (Å²) < 4.78 is 0. The van der Waals surface area contributed by atoms with Crippen molar-refractivity contribution < 1.29 is 9.59 Å². The van der Waals surface area contributed by atoms with Crippen LogP contribution in [0.5, 0.6) is 0 Å². The third-order valence-electron chi connectivity index (χ3n) is 3.92. The quantitative estimate of drug-likeness (QED) is 0.606. The highest BCUT2D eigenvalue weighted by Gasteiger charge is 2.08. The Labute approximate surface area is 154 Å². The lowest BCUT2D eigenvalue weighted by Crippen LogP contribution is -2.19. The Balaban J connectivity index is 1.92. The standard InChI is InChI=1S/C21H25N3O2/c1-14(2)17-7-5-16(6-8-17)13-22-24-21(26)18-9-11-19(12-10-18)23-20(25)15(3)4/h5-15H,1-4H3,(H,23,25)(H,24,26)/b22-13-. The van der Waals surface area contributed by atoms with E-state index in [-0.39, 0.29) is 17.7 Å². The molecule has 0 fully saturated rings. The van der Waals surface area contributed by atoms with Crippen LogP contribution in [0.25, 0.3) is 0 Å². The second kappa shape index (κ2) is 8.94. The molecule has 5 heteroatoms. The molecule has 0 aliphatic heterocycles. The number of hydrogen-bond donors (Lipinski definition) is 2. The van der Waals surface area contributed by atoms with Crippen LogP contribution in [-0.2, 0) is 4.79 Å².